The summed E-state index contributed by atoms with van der Waals surface area (Å²) in [5.74, 6) is 0. The number of halogens is 2. The van der Waals surface area contributed by atoms with Gasteiger partial charge in [0.2, 0.25) is 0 Å². The topological polar surface area (TPSA) is 24.5 Å². The van der Waals surface area contributed by atoms with Crippen molar-refractivity contribution in [1.82, 2.24) is 4.90 Å². The zero-order valence-corrected chi connectivity index (χ0v) is 12.9. The predicted octanol–water partition coefficient (Wildman–Crippen LogP) is 2.95. The average molecular weight is 364 g/mol. The Morgan fingerprint density at radius 1 is 1.47 bits per heavy atom. The lowest BCUT2D eigenvalue weighted by molar-refractivity contribution is -0.0117. The minimum Gasteiger partial charge on any atom is -0.381 e. The second-order valence-corrected chi connectivity index (χ2v) is 6.03. The second kappa shape index (κ2) is 6.18. The summed E-state index contributed by atoms with van der Waals surface area (Å²) in [5, 5.41) is 3.42. The third-order valence-corrected chi connectivity index (χ3v) is 3.98. The van der Waals surface area contributed by atoms with Crippen molar-refractivity contribution in [3.63, 3.8) is 0 Å². The first kappa shape index (κ1) is 13.3. The molecule has 1 saturated heterocycles. The van der Waals surface area contributed by atoms with Crippen molar-refractivity contribution in [2.45, 2.75) is 6.10 Å². The number of rotatable bonds is 3. The molecule has 1 aromatic rings. The van der Waals surface area contributed by atoms with E-state index in [1.807, 2.05) is 12.1 Å². The number of morpholine rings is 1. The molecule has 1 atom stereocenters. The Morgan fingerprint density at radius 2 is 2.29 bits per heavy atom. The first-order valence-corrected chi connectivity index (χ1v) is 7.23. The first-order valence-electron chi connectivity index (χ1n) is 5.64. The predicted molar refractivity (Wildman–Crippen MR) is 77.6 cm³/mol. The number of nitrogens with zero attached hydrogens (tertiary/aromatic N) is 1. The molecular formula is C12H16Br2N2O. The molecule has 1 aromatic carbocycles. The van der Waals surface area contributed by atoms with Crippen LogP contribution in [-0.4, -0.2) is 44.3 Å². The van der Waals surface area contributed by atoms with E-state index in [0.29, 0.717) is 0 Å². The quantitative estimate of drug-likeness (QED) is 0.893. The molecule has 0 saturated carbocycles. The number of anilines is 1. The van der Waals surface area contributed by atoms with Gasteiger partial charge in [0.15, 0.2) is 0 Å². The molecule has 2 rings (SSSR count). The van der Waals surface area contributed by atoms with Gasteiger partial charge < -0.3 is 15.0 Å². The van der Waals surface area contributed by atoms with Gasteiger partial charge in [-0.15, -0.1) is 0 Å². The molecule has 0 spiro atoms. The van der Waals surface area contributed by atoms with Crippen LogP contribution in [0.25, 0.3) is 0 Å². The maximum atomic E-state index is 5.71. The summed E-state index contributed by atoms with van der Waals surface area (Å²) in [6, 6.07) is 6.11. The zero-order chi connectivity index (χ0) is 12.3. The monoisotopic (exact) mass is 362 g/mol. The molecule has 0 radical (unpaired) electrons. The van der Waals surface area contributed by atoms with E-state index < -0.39 is 0 Å². The van der Waals surface area contributed by atoms with Gasteiger partial charge in [-0.2, -0.15) is 0 Å². The SMILES string of the molecule is CN1CCOC(CNc2cc(Br)ccc2Br)C1. The van der Waals surface area contributed by atoms with E-state index in [9.17, 15) is 0 Å². The maximum absolute atomic E-state index is 5.71. The molecule has 1 unspecified atom stereocenters. The molecule has 94 valence electrons. The zero-order valence-electron chi connectivity index (χ0n) is 9.75. The maximum Gasteiger partial charge on any atom is 0.0874 e. The van der Waals surface area contributed by atoms with E-state index in [4.69, 9.17) is 4.74 Å². The first-order chi connectivity index (χ1) is 8.15. The van der Waals surface area contributed by atoms with Gasteiger partial charge in [0, 0.05) is 34.3 Å². The molecule has 5 heteroatoms. The summed E-state index contributed by atoms with van der Waals surface area (Å²) < 4.78 is 7.86. The molecular weight excluding hydrogens is 348 g/mol. The number of hydrogen-bond donors (Lipinski definition) is 1. The van der Waals surface area contributed by atoms with Crippen molar-refractivity contribution in [1.29, 1.82) is 0 Å². The Bertz CT molecular complexity index is 387. The number of hydrogen-bond acceptors (Lipinski definition) is 3. The smallest absolute Gasteiger partial charge is 0.0874 e. The standard InChI is InChI=1S/C12H16Br2N2O/c1-16-4-5-17-10(8-16)7-15-12-6-9(13)2-3-11(12)14/h2-3,6,10,15H,4-5,7-8H2,1H3. The minimum atomic E-state index is 0.264. The largest absolute Gasteiger partial charge is 0.381 e. The van der Waals surface area contributed by atoms with Gasteiger partial charge in [-0.1, -0.05) is 15.9 Å². The lowest BCUT2D eigenvalue weighted by Crippen LogP contribution is -2.43. The van der Waals surface area contributed by atoms with Crippen LogP contribution in [0.2, 0.25) is 0 Å². The van der Waals surface area contributed by atoms with Crippen LogP contribution >= 0.6 is 31.9 Å². The third kappa shape index (κ3) is 3.95. The van der Waals surface area contributed by atoms with Gasteiger partial charge in [-0.3, -0.25) is 0 Å². The third-order valence-electron chi connectivity index (χ3n) is 2.79. The van der Waals surface area contributed by atoms with Gasteiger partial charge >= 0.3 is 0 Å². The molecule has 0 aromatic heterocycles. The summed E-state index contributed by atoms with van der Waals surface area (Å²) in [7, 11) is 2.13. The van der Waals surface area contributed by atoms with Crippen LogP contribution in [0.1, 0.15) is 0 Å². The fourth-order valence-electron chi connectivity index (χ4n) is 1.85. The van der Waals surface area contributed by atoms with Crippen LogP contribution in [0, 0.1) is 0 Å². The Hall–Kier alpha value is -0.100. The van der Waals surface area contributed by atoms with Gasteiger partial charge in [-0.05, 0) is 41.2 Å². The molecule has 3 nitrogen and oxygen atoms in total. The number of likely N-dealkylation sites (N-methyl/N-ethyl adjacent to an activating group) is 1. The van der Waals surface area contributed by atoms with Crippen molar-refractivity contribution < 1.29 is 4.74 Å². The van der Waals surface area contributed by atoms with E-state index in [-0.39, 0.29) is 6.10 Å². The summed E-state index contributed by atoms with van der Waals surface area (Å²) >= 11 is 7.00. The summed E-state index contributed by atoms with van der Waals surface area (Å²) in [6.07, 6.45) is 0.264. The Morgan fingerprint density at radius 3 is 3.06 bits per heavy atom. The Balaban J connectivity index is 1.90. The highest BCUT2D eigenvalue weighted by molar-refractivity contribution is 9.11. The average Bonchev–Trinajstić information content (AvgIpc) is 2.30. The highest BCUT2D eigenvalue weighted by atomic mass is 79.9. The van der Waals surface area contributed by atoms with E-state index >= 15 is 0 Å². The van der Waals surface area contributed by atoms with Crippen LogP contribution < -0.4 is 5.32 Å². The summed E-state index contributed by atoms with van der Waals surface area (Å²) in [5.41, 5.74) is 1.09. The molecule has 17 heavy (non-hydrogen) atoms. The van der Waals surface area contributed by atoms with Gasteiger partial charge in [0.25, 0.3) is 0 Å². The number of benzene rings is 1. The van der Waals surface area contributed by atoms with Crippen molar-refractivity contribution in [3.05, 3.63) is 27.1 Å². The van der Waals surface area contributed by atoms with Gasteiger partial charge in [-0.25, -0.2) is 0 Å². The Kier molecular flexibility index (Phi) is 4.85. The number of ether oxygens (including phenoxy) is 1. The molecule has 0 aliphatic carbocycles. The highest BCUT2D eigenvalue weighted by Crippen LogP contribution is 2.26. The molecule has 1 aliphatic heterocycles. The van der Waals surface area contributed by atoms with Crippen molar-refractivity contribution >= 4 is 37.5 Å². The van der Waals surface area contributed by atoms with Crippen molar-refractivity contribution in [2.75, 3.05) is 38.6 Å². The van der Waals surface area contributed by atoms with E-state index in [1.54, 1.807) is 0 Å². The molecule has 0 bridgehead atoms. The van der Waals surface area contributed by atoms with E-state index in [2.05, 4.69) is 55.2 Å². The molecule has 1 aliphatic rings. The van der Waals surface area contributed by atoms with Crippen LogP contribution in [0.4, 0.5) is 5.69 Å². The molecule has 1 N–H and O–H groups in total. The van der Waals surface area contributed by atoms with Crippen molar-refractivity contribution in [2.24, 2.45) is 0 Å². The summed E-state index contributed by atoms with van der Waals surface area (Å²) in [6.45, 7) is 3.66. The summed E-state index contributed by atoms with van der Waals surface area (Å²) in [4.78, 5) is 2.30. The lowest BCUT2D eigenvalue weighted by Gasteiger charge is -2.30. The van der Waals surface area contributed by atoms with Crippen LogP contribution in [0.5, 0.6) is 0 Å². The second-order valence-electron chi connectivity index (χ2n) is 4.26. The highest BCUT2D eigenvalue weighted by Gasteiger charge is 2.17. The Labute approximate surface area is 119 Å². The number of nitrogens with one attached hydrogen (secondary N) is 1. The lowest BCUT2D eigenvalue weighted by atomic mass is 10.2. The van der Waals surface area contributed by atoms with Crippen LogP contribution in [0.15, 0.2) is 27.1 Å². The van der Waals surface area contributed by atoms with Crippen LogP contribution in [-0.2, 0) is 4.74 Å². The molecule has 0 amide bonds. The van der Waals surface area contributed by atoms with Gasteiger partial charge in [0.05, 0.1) is 12.7 Å². The van der Waals surface area contributed by atoms with E-state index in [1.165, 1.54) is 0 Å². The van der Waals surface area contributed by atoms with Crippen LogP contribution in [0.3, 0.4) is 0 Å². The van der Waals surface area contributed by atoms with Crippen molar-refractivity contribution in [3.8, 4) is 0 Å². The fraction of sp³-hybridized carbons (Fsp3) is 0.500. The van der Waals surface area contributed by atoms with Gasteiger partial charge in [0.1, 0.15) is 0 Å². The minimum absolute atomic E-state index is 0.264. The molecule has 1 fully saturated rings. The molecule has 1 heterocycles. The van der Waals surface area contributed by atoms with E-state index in [0.717, 1.165) is 40.9 Å². The fourth-order valence-corrected chi connectivity index (χ4v) is 2.59. The normalized spacial score (nSPS) is 21.5.